The van der Waals surface area contributed by atoms with Gasteiger partial charge in [-0.2, -0.15) is 5.10 Å². The zero-order valence-electron chi connectivity index (χ0n) is 13.2. The summed E-state index contributed by atoms with van der Waals surface area (Å²) in [5.74, 6) is 1.59. The van der Waals surface area contributed by atoms with Gasteiger partial charge >= 0.3 is 0 Å². The third-order valence-electron chi connectivity index (χ3n) is 3.16. The Bertz CT molecular complexity index is 531. The van der Waals surface area contributed by atoms with Gasteiger partial charge in [0, 0.05) is 12.7 Å². The lowest BCUT2D eigenvalue weighted by Crippen LogP contribution is -2.18. The fourth-order valence-electron chi connectivity index (χ4n) is 2.05. The Morgan fingerprint density at radius 2 is 2.00 bits per heavy atom. The van der Waals surface area contributed by atoms with Crippen molar-refractivity contribution >= 4 is 0 Å². The van der Waals surface area contributed by atoms with Gasteiger partial charge in [0.2, 0.25) is 0 Å². The Labute approximate surface area is 127 Å². The van der Waals surface area contributed by atoms with Crippen LogP contribution in [0.2, 0.25) is 0 Å². The van der Waals surface area contributed by atoms with Crippen molar-refractivity contribution in [3.8, 4) is 5.75 Å². The fourth-order valence-corrected chi connectivity index (χ4v) is 2.05. The van der Waals surface area contributed by atoms with Crippen LogP contribution < -0.4 is 10.1 Å². The van der Waals surface area contributed by atoms with E-state index in [-0.39, 0.29) is 0 Å². The van der Waals surface area contributed by atoms with Crippen molar-refractivity contribution in [2.45, 2.75) is 33.9 Å². The predicted molar refractivity (Wildman–Crippen MR) is 85.4 cm³/mol. The molecule has 0 saturated heterocycles. The van der Waals surface area contributed by atoms with E-state index in [1.807, 2.05) is 36.1 Å². The summed E-state index contributed by atoms with van der Waals surface area (Å²) in [5, 5.41) is 7.67. The van der Waals surface area contributed by atoms with Crippen molar-refractivity contribution < 1.29 is 4.74 Å². The Morgan fingerprint density at radius 1 is 1.24 bits per heavy atom. The van der Waals surface area contributed by atoms with Crippen molar-refractivity contribution in [2.24, 2.45) is 5.92 Å². The second-order valence-electron chi connectivity index (χ2n) is 5.80. The van der Waals surface area contributed by atoms with E-state index >= 15 is 0 Å². The number of nitrogens with zero attached hydrogens (tertiary/aromatic N) is 2. The van der Waals surface area contributed by atoms with Gasteiger partial charge < -0.3 is 10.1 Å². The average molecular weight is 287 g/mol. The number of aryl methyl sites for hydroxylation is 1. The molecule has 0 spiro atoms. The summed E-state index contributed by atoms with van der Waals surface area (Å²) in [6.07, 6.45) is 3.88. The fraction of sp³-hybridized carbons (Fsp3) is 0.471. The molecular formula is C17H25N3O. The minimum absolute atomic E-state index is 0.631. The first-order valence-corrected chi connectivity index (χ1v) is 7.55. The number of hydrogen-bond donors (Lipinski definition) is 1. The molecule has 0 aliphatic heterocycles. The van der Waals surface area contributed by atoms with Gasteiger partial charge in [0.15, 0.2) is 0 Å². The quantitative estimate of drug-likeness (QED) is 0.811. The largest absolute Gasteiger partial charge is 0.492 e. The number of benzene rings is 1. The minimum Gasteiger partial charge on any atom is -0.492 e. The molecule has 0 atom stereocenters. The molecule has 1 aromatic heterocycles. The summed E-state index contributed by atoms with van der Waals surface area (Å²) in [6, 6.07) is 8.28. The van der Waals surface area contributed by atoms with Gasteiger partial charge in [0.25, 0.3) is 0 Å². The summed E-state index contributed by atoms with van der Waals surface area (Å²) in [5.41, 5.74) is 2.46. The maximum atomic E-state index is 5.74. The third kappa shape index (κ3) is 5.60. The van der Waals surface area contributed by atoms with E-state index in [4.69, 9.17) is 4.74 Å². The predicted octanol–water partition coefficient (Wildman–Crippen LogP) is 3.02. The van der Waals surface area contributed by atoms with E-state index < -0.39 is 0 Å². The van der Waals surface area contributed by atoms with Gasteiger partial charge in [0.05, 0.1) is 12.7 Å². The van der Waals surface area contributed by atoms with Gasteiger partial charge in [-0.25, -0.2) is 0 Å². The summed E-state index contributed by atoms with van der Waals surface area (Å²) in [6.45, 7) is 9.82. The second kappa shape index (κ2) is 7.84. The number of hydrogen-bond acceptors (Lipinski definition) is 3. The Morgan fingerprint density at radius 3 is 2.62 bits per heavy atom. The second-order valence-corrected chi connectivity index (χ2v) is 5.80. The highest BCUT2D eigenvalue weighted by Gasteiger charge is 1.98. The molecule has 1 aromatic carbocycles. The van der Waals surface area contributed by atoms with Gasteiger partial charge in [-0.05, 0) is 42.6 Å². The van der Waals surface area contributed by atoms with Crippen LogP contribution in [0.3, 0.4) is 0 Å². The highest BCUT2D eigenvalue weighted by Crippen LogP contribution is 2.12. The summed E-state index contributed by atoms with van der Waals surface area (Å²) in [4.78, 5) is 0. The van der Waals surface area contributed by atoms with Crippen molar-refractivity contribution in [3.63, 3.8) is 0 Å². The molecule has 114 valence electrons. The molecule has 0 unspecified atom stereocenters. The summed E-state index contributed by atoms with van der Waals surface area (Å²) < 4.78 is 7.64. The number of rotatable bonds is 8. The Hall–Kier alpha value is -1.81. The summed E-state index contributed by atoms with van der Waals surface area (Å²) >= 11 is 0. The molecule has 0 saturated carbocycles. The van der Waals surface area contributed by atoms with E-state index in [2.05, 4.69) is 36.4 Å². The van der Waals surface area contributed by atoms with Crippen LogP contribution in [0.25, 0.3) is 0 Å². The first-order valence-electron chi connectivity index (χ1n) is 7.55. The number of ether oxygens (including phenoxy) is 1. The lowest BCUT2D eigenvalue weighted by Gasteiger charge is -2.09. The van der Waals surface area contributed by atoms with Crippen LogP contribution in [0.4, 0.5) is 0 Å². The van der Waals surface area contributed by atoms with Crippen LogP contribution in [-0.4, -0.2) is 22.9 Å². The zero-order chi connectivity index (χ0) is 15.1. The zero-order valence-corrected chi connectivity index (χ0v) is 13.2. The molecule has 4 nitrogen and oxygen atoms in total. The molecule has 0 amide bonds. The molecule has 0 radical (unpaired) electrons. The highest BCUT2D eigenvalue weighted by atomic mass is 16.5. The number of nitrogens with one attached hydrogen (secondary N) is 1. The minimum atomic E-state index is 0.631. The average Bonchev–Trinajstić information content (AvgIpc) is 2.86. The van der Waals surface area contributed by atoms with Crippen LogP contribution in [-0.2, 0) is 13.1 Å². The highest BCUT2D eigenvalue weighted by molar-refractivity contribution is 5.27. The van der Waals surface area contributed by atoms with Crippen molar-refractivity contribution in [2.75, 3.05) is 13.2 Å². The SMILES string of the molecule is Cc1cnn(CCOc2ccc(CNCC(C)C)cc2)c1. The van der Waals surface area contributed by atoms with Gasteiger partial charge in [-0.1, -0.05) is 26.0 Å². The molecule has 4 heteroatoms. The van der Waals surface area contributed by atoms with E-state index in [9.17, 15) is 0 Å². The molecule has 1 N–H and O–H groups in total. The van der Waals surface area contributed by atoms with Crippen LogP contribution in [0, 0.1) is 12.8 Å². The van der Waals surface area contributed by atoms with E-state index in [1.54, 1.807) is 0 Å². The first kappa shape index (κ1) is 15.6. The maximum absolute atomic E-state index is 5.74. The van der Waals surface area contributed by atoms with Crippen LogP contribution in [0.5, 0.6) is 5.75 Å². The molecule has 21 heavy (non-hydrogen) atoms. The summed E-state index contributed by atoms with van der Waals surface area (Å²) in [7, 11) is 0. The van der Waals surface area contributed by atoms with Crippen LogP contribution in [0.1, 0.15) is 25.0 Å². The molecule has 0 aliphatic rings. The monoisotopic (exact) mass is 287 g/mol. The smallest absolute Gasteiger partial charge is 0.119 e. The van der Waals surface area contributed by atoms with Gasteiger partial charge in [-0.3, -0.25) is 4.68 Å². The van der Waals surface area contributed by atoms with Gasteiger partial charge in [-0.15, -0.1) is 0 Å². The molecule has 0 bridgehead atoms. The third-order valence-corrected chi connectivity index (χ3v) is 3.16. The Kier molecular flexibility index (Phi) is 5.81. The van der Waals surface area contributed by atoms with Crippen molar-refractivity contribution in [1.82, 2.24) is 15.1 Å². The molecular weight excluding hydrogens is 262 g/mol. The number of aromatic nitrogens is 2. The van der Waals surface area contributed by atoms with E-state index in [1.165, 1.54) is 11.1 Å². The topological polar surface area (TPSA) is 39.1 Å². The molecule has 1 heterocycles. The van der Waals surface area contributed by atoms with Crippen LogP contribution in [0.15, 0.2) is 36.7 Å². The van der Waals surface area contributed by atoms with Crippen LogP contribution >= 0.6 is 0 Å². The van der Waals surface area contributed by atoms with E-state index in [0.717, 1.165) is 25.4 Å². The van der Waals surface area contributed by atoms with Gasteiger partial charge in [0.1, 0.15) is 12.4 Å². The standard InChI is InChI=1S/C17H25N3O/c1-14(2)10-18-12-16-4-6-17(7-5-16)21-9-8-20-13-15(3)11-19-20/h4-7,11,13-14,18H,8-10,12H2,1-3H3. The lowest BCUT2D eigenvalue weighted by atomic mass is 10.2. The maximum Gasteiger partial charge on any atom is 0.119 e. The normalized spacial score (nSPS) is 11.0. The lowest BCUT2D eigenvalue weighted by molar-refractivity contribution is 0.291. The first-order chi connectivity index (χ1) is 10.1. The molecule has 0 fully saturated rings. The van der Waals surface area contributed by atoms with Crippen molar-refractivity contribution in [1.29, 1.82) is 0 Å². The molecule has 0 aliphatic carbocycles. The molecule has 2 rings (SSSR count). The van der Waals surface area contributed by atoms with E-state index in [0.29, 0.717) is 12.5 Å². The Balaban J connectivity index is 1.72. The molecule has 2 aromatic rings. The van der Waals surface area contributed by atoms with Crippen molar-refractivity contribution in [3.05, 3.63) is 47.8 Å².